The summed E-state index contributed by atoms with van der Waals surface area (Å²) in [5.74, 6) is 0.547. The maximum atomic E-state index is 11.8. The molecule has 2 aromatic rings. The van der Waals surface area contributed by atoms with E-state index < -0.39 is 11.7 Å². The lowest BCUT2D eigenvalue weighted by atomic mass is 10.0. The number of benzene rings is 1. The van der Waals surface area contributed by atoms with E-state index in [9.17, 15) is 15.0 Å². The summed E-state index contributed by atoms with van der Waals surface area (Å²) in [5.41, 5.74) is 1.11. The Bertz CT molecular complexity index is 653. The van der Waals surface area contributed by atoms with E-state index in [1.165, 1.54) is 6.07 Å². The predicted molar refractivity (Wildman–Crippen MR) is 69.0 cm³/mol. The van der Waals surface area contributed by atoms with Gasteiger partial charge in [-0.3, -0.25) is 0 Å². The van der Waals surface area contributed by atoms with Crippen molar-refractivity contribution in [3.63, 3.8) is 0 Å². The molecule has 18 heavy (non-hydrogen) atoms. The lowest BCUT2D eigenvalue weighted by Gasteiger charge is -2.09. The second-order valence-electron chi connectivity index (χ2n) is 4.66. The summed E-state index contributed by atoms with van der Waals surface area (Å²) in [6.07, 6.45) is -0.269. The van der Waals surface area contributed by atoms with Crippen LogP contribution in [0.3, 0.4) is 0 Å². The monoisotopic (exact) mass is 248 g/mol. The molecule has 4 heteroatoms. The van der Waals surface area contributed by atoms with E-state index in [2.05, 4.69) is 0 Å². The van der Waals surface area contributed by atoms with Gasteiger partial charge in [0.1, 0.15) is 11.5 Å². The lowest BCUT2D eigenvalue weighted by Crippen LogP contribution is -2.09. The van der Waals surface area contributed by atoms with Crippen LogP contribution in [0, 0.1) is 13.8 Å². The number of rotatable bonds is 2. The molecule has 1 aromatic carbocycles. The number of hydrogen-bond donors (Lipinski definition) is 2. The van der Waals surface area contributed by atoms with Crippen molar-refractivity contribution < 1.29 is 14.6 Å². The van der Waals surface area contributed by atoms with Crippen molar-refractivity contribution >= 4 is 10.8 Å². The van der Waals surface area contributed by atoms with Gasteiger partial charge in [-0.15, -0.1) is 0 Å². The molecule has 2 N–H and O–H groups in total. The van der Waals surface area contributed by atoms with Crippen molar-refractivity contribution in [2.45, 2.75) is 33.3 Å². The van der Waals surface area contributed by atoms with Gasteiger partial charge in [-0.1, -0.05) is 0 Å². The van der Waals surface area contributed by atoms with Crippen LogP contribution in [0.15, 0.2) is 21.3 Å². The first-order chi connectivity index (χ1) is 8.40. The molecule has 0 unspecified atom stereocenters. The molecule has 0 saturated heterocycles. The Morgan fingerprint density at radius 3 is 2.50 bits per heavy atom. The summed E-state index contributed by atoms with van der Waals surface area (Å²) < 4.78 is 5.12. The summed E-state index contributed by atoms with van der Waals surface area (Å²) in [6.45, 7) is 5.29. The topological polar surface area (TPSA) is 70.7 Å². The summed E-state index contributed by atoms with van der Waals surface area (Å²) in [6, 6.07) is 3.18. The van der Waals surface area contributed by atoms with Crippen LogP contribution in [0.5, 0.6) is 5.75 Å². The molecule has 4 nitrogen and oxygen atoms in total. The third-order valence-corrected chi connectivity index (χ3v) is 3.17. The number of phenolic OH excluding ortho intramolecular Hbond substituents is 1. The number of fused-ring (bicyclic) bond motifs is 1. The van der Waals surface area contributed by atoms with E-state index in [0.29, 0.717) is 17.6 Å². The number of aromatic hydroxyl groups is 1. The van der Waals surface area contributed by atoms with Gasteiger partial charge in [0, 0.05) is 6.42 Å². The van der Waals surface area contributed by atoms with Gasteiger partial charge in [0.25, 0.3) is 0 Å². The fourth-order valence-corrected chi connectivity index (χ4v) is 2.03. The molecule has 1 heterocycles. The predicted octanol–water partition coefficient (Wildman–Crippen LogP) is 2.04. The van der Waals surface area contributed by atoms with Crippen LogP contribution in [0.4, 0.5) is 0 Å². The Balaban J connectivity index is 2.76. The van der Waals surface area contributed by atoms with E-state index in [1.54, 1.807) is 19.9 Å². The highest BCUT2D eigenvalue weighted by Gasteiger charge is 2.12. The smallest absolute Gasteiger partial charge is 0.343 e. The molecular formula is C14H16O4. The van der Waals surface area contributed by atoms with E-state index in [1.807, 2.05) is 6.92 Å². The van der Waals surface area contributed by atoms with Crippen LogP contribution in [0.2, 0.25) is 0 Å². The molecule has 0 radical (unpaired) electrons. The van der Waals surface area contributed by atoms with Crippen LogP contribution in [-0.2, 0) is 6.42 Å². The summed E-state index contributed by atoms with van der Waals surface area (Å²) in [4.78, 5) is 11.8. The summed E-state index contributed by atoms with van der Waals surface area (Å²) >= 11 is 0. The first-order valence-electron chi connectivity index (χ1n) is 5.84. The van der Waals surface area contributed by atoms with Crippen LogP contribution in [-0.4, -0.2) is 16.3 Å². The second-order valence-corrected chi connectivity index (χ2v) is 4.66. The number of aryl methyl sites for hydroxylation is 1. The van der Waals surface area contributed by atoms with Gasteiger partial charge in [-0.25, -0.2) is 4.79 Å². The highest BCUT2D eigenvalue weighted by Crippen LogP contribution is 2.28. The largest absolute Gasteiger partial charge is 0.508 e. The Kier molecular flexibility index (Phi) is 3.13. The van der Waals surface area contributed by atoms with Crippen molar-refractivity contribution in [1.82, 2.24) is 0 Å². The fourth-order valence-electron chi connectivity index (χ4n) is 2.03. The van der Waals surface area contributed by atoms with E-state index in [0.717, 1.165) is 16.5 Å². The highest BCUT2D eigenvalue weighted by atomic mass is 16.4. The van der Waals surface area contributed by atoms with Crippen molar-refractivity contribution in [2.24, 2.45) is 0 Å². The minimum absolute atomic E-state index is 0.0931. The first kappa shape index (κ1) is 12.6. The van der Waals surface area contributed by atoms with Crippen molar-refractivity contribution in [3.8, 4) is 5.75 Å². The van der Waals surface area contributed by atoms with Gasteiger partial charge in [0.2, 0.25) is 0 Å². The molecule has 1 aromatic heterocycles. The number of hydrogen-bond acceptors (Lipinski definition) is 4. The lowest BCUT2D eigenvalue weighted by molar-refractivity contribution is 0.186. The molecule has 0 amide bonds. The molecule has 0 aliphatic carbocycles. The van der Waals surface area contributed by atoms with Gasteiger partial charge in [-0.2, -0.15) is 0 Å². The Labute approximate surface area is 104 Å². The average Bonchev–Trinajstić information content (AvgIpc) is 2.27. The van der Waals surface area contributed by atoms with Gasteiger partial charge in [-0.05, 0) is 49.4 Å². The summed E-state index contributed by atoms with van der Waals surface area (Å²) in [5, 5.41) is 20.2. The number of aliphatic hydroxyl groups excluding tert-OH is 1. The fraction of sp³-hybridized carbons (Fsp3) is 0.357. The minimum atomic E-state index is -0.566. The molecule has 0 saturated carbocycles. The van der Waals surface area contributed by atoms with Gasteiger partial charge < -0.3 is 14.6 Å². The molecule has 0 fully saturated rings. The molecule has 0 aliphatic heterocycles. The number of phenols is 1. The molecule has 1 atom stereocenters. The van der Waals surface area contributed by atoms with E-state index in [4.69, 9.17) is 4.42 Å². The van der Waals surface area contributed by atoms with Gasteiger partial charge in [0.05, 0.1) is 11.5 Å². The Hall–Kier alpha value is -1.81. The average molecular weight is 248 g/mol. The second kappa shape index (κ2) is 4.46. The van der Waals surface area contributed by atoms with E-state index in [-0.39, 0.29) is 5.75 Å². The maximum absolute atomic E-state index is 11.8. The van der Waals surface area contributed by atoms with Gasteiger partial charge in [0.15, 0.2) is 0 Å². The van der Waals surface area contributed by atoms with Crippen LogP contribution in [0.1, 0.15) is 23.8 Å². The van der Waals surface area contributed by atoms with Gasteiger partial charge >= 0.3 is 5.63 Å². The highest BCUT2D eigenvalue weighted by molar-refractivity contribution is 5.87. The van der Waals surface area contributed by atoms with Crippen LogP contribution < -0.4 is 5.63 Å². The Morgan fingerprint density at radius 2 is 1.89 bits per heavy atom. The third-order valence-electron chi connectivity index (χ3n) is 3.17. The zero-order valence-corrected chi connectivity index (χ0v) is 10.7. The van der Waals surface area contributed by atoms with E-state index >= 15 is 0 Å². The number of aliphatic hydroxyl groups is 1. The standard InChI is InChI=1S/C14H16O4/c1-7(15)4-10-5-11-8(2)9(3)13(16)6-12(11)14(17)18-10/h5-7,15-16H,4H2,1-3H3/t7-/m1/s1. The van der Waals surface area contributed by atoms with Crippen molar-refractivity contribution in [3.05, 3.63) is 39.4 Å². The molecule has 0 aliphatic rings. The molecule has 96 valence electrons. The van der Waals surface area contributed by atoms with Crippen LogP contribution in [0.25, 0.3) is 10.8 Å². The van der Waals surface area contributed by atoms with Crippen molar-refractivity contribution in [1.29, 1.82) is 0 Å². The zero-order chi connectivity index (χ0) is 13.4. The normalized spacial score (nSPS) is 12.9. The minimum Gasteiger partial charge on any atom is -0.508 e. The zero-order valence-electron chi connectivity index (χ0n) is 10.7. The Morgan fingerprint density at radius 1 is 1.22 bits per heavy atom. The molecule has 0 spiro atoms. The SMILES string of the molecule is Cc1c(O)cc2c(=O)oc(C[C@@H](C)O)cc2c1C. The molecule has 0 bridgehead atoms. The molecule has 2 rings (SSSR count). The quantitative estimate of drug-likeness (QED) is 0.853. The van der Waals surface area contributed by atoms with Crippen LogP contribution >= 0.6 is 0 Å². The first-order valence-corrected chi connectivity index (χ1v) is 5.84. The third kappa shape index (κ3) is 2.11. The summed E-state index contributed by atoms with van der Waals surface area (Å²) in [7, 11) is 0. The molecular weight excluding hydrogens is 232 g/mol. The van der Waals surface area contributed by atoms with Crippen molar-refractivity contribution in [2.75, 3.05) is 0 Å². The maximum Gasteiger partial charge on any atom is 0.343 e.